The second kappa shape index (κ2) is 19.4. The van der Waals surface area contributed by atoms with Crippen molar-refractivity contribution in [2.45, 2.75) is 97.4 Å². The lowest BCUT2D eigenvalue weighted by atomic mass is 9.98. The summed E-state index contributed by atoms with van der Waals surface area (Å²) in [6, 6.07) is 13.8. The number of hydrogen-bond acceptors (Lipinski definition) is 6. The first-order valence-corrected chi connectivity index (χ1v) is 16.5. The van der Waals surface area contributed by atoms with Gasteiger partial charge in [-0.25, -0.2) is 0 Å². The Kier molecular flexibility index (Phi) is 16.1. The highest BCUT2D eigenvalue weighted by Gasteiger charge is 2.33. The van der Waals surface area contributed by atoms with Crippen molar-refractivity contribution >= 4 is 29.5 Å². The Morgan fingerprint density at radius 2 is 0.979 bits per heavy atom. The maximum atomic E-state index is 14.0. The number of benzene rings is 2. The standard InChI is InChI=1S/C36H54N6O5/c1-22(2)18-27(37)32(43)42-31(24(5)6)36(47)41-30(21-26-16-12-9-13-17-26)35(46)40-29(20-25-14-10-8-11-15-25)34(45)39-28(19-23(3)4)33(44)38-7/h8-17,22-24,27-31H,18-21,37H2,1-7H3,(H,38,44)(H,39,45)(H,40,46)(H,41,47)(H,42,43)/t27-,28-,29-,30-,31-/m1/s1. The number of likely N-dealkylation sites (N-methyl/N-ethyl adjacent to an activating group) is 1. The van der Waals surface area contributed by atoms with Gasteiger partial charge >= 0.3 is 0 Å². The summed E-state index contributed by atoms with van der Waals surface area (Å²) in [6.45, 7) is 11.4. The van der Waals surface area contributed by atoms with Crippen LogP contribution in [-0.4, -0.2) is 66.8 Å². The van der Waals surface area contributed by atoms with E-state index in [0.29, 0.717) is 12.8 Å². The van der Waals surface area contributed by atoms with Crippen LogP contribution in [0.5, 0.6) is 0 Å². The molecule has 11 heteroatoms. The molecule has 5 amide bonds. The quantitative estimate of drug-likeness (QED) is 0.144. The van der Waals surface area contributed by atoms with E-state index in [4.69, 9.17) is 5.73 Å². The van der Waals surface area contributed by atoms with E-state index in [-0.39, 0.29) is 36.5 Å². The fourth-order valence-electron chi connectivity index (χ4n) is 5.21. The van der Waals surface area contributed by atoms with Crippen molar-refractivity contribution in [1.82, 2.24) is 26.6 Å². The topological polar surface area (TPSA) is 172 Å². The number of hydrogen-bond donors (Lipinski definition) is 6. The van der Waals surface area contributed by atoms with Gasteiger partial charge in [0.25, 0.3) is 0 Å². The number of carbonyl (C=O) groups excluding carboxylic acids is 5. The average Bonchev–Trinajstić information content (AvgIpc) is 3.02. The molecule has 258 valence electrons. The molecule has 2 aromatic rings. The van der Waals surface area contributed by atoms with Crippen LogP contribution in [0.4, 0.5) is 0 Å². The zero-order valence-corrected chi connectivity index (χ0v) is 28.8. The van der Waals surface area contributed by atoms with Gasteiger partial charge in [-0.3, -0.25) is 24.0 Å². The van der Waals surface area contributed by atoms with E-state index in [1.54, 1.807) is 13.8 Å². The van der Waals surface area contributed by atoms with Crippen LogP contribution >= 0.6 is 0 Å². The van der Waals surface area contributed by atoms with Crippen molar-refractivity contribution in [2.75, 3.05) is 7.05 Å². The van der Waals surface area contributed by atoms with Crippen molar-refractivity contribution in [1.29, 1.82) is 0 Å². The average molecular weight is 651 g/mol. The molecule has 0 aliphatic carbocycles. The summed E-state index contributed by atoms with van der Waals surface area (Å²) >= 11 is 0. The Bertz CT molecular complexity index is 1300. The highest BCUT2D eigenvalue weighted by Crippen LogP contribution is 2.11. The summed E-state index contributed by atoms with van der Waals surface area (Å²) in [7, 11) is 1.51. The van der Waals surface area contributed by atoms with Crippen molar-refractivity contribution in [3.63, 3.8) is 0 Å². The predicted molar refractivity (Wildman–Crippen MR) is 184 cm³/mol. The molecule has 2 aromatic carbocycles. The highest BCUT2D eigenvalue weighted by molar-refractivity contribution is 5.96. The van der Waals surface area contributed by atoms with E-state index in [9.17, 15) is 24.0 Å². The summed E-state index contributed by atoms with van der Waals surface area (Å²) in [5, 5.41) is 13.9. The molecular formula is C36H54N6O5. The number of nitrogens with two attached hydrogens (primary N) is 1. The van der Waals surface area contributed by atoms with Crippen molar-refractivity contribution in [3.05, 3.63) is 71.8 Å². The summed E-state index contributed by atoms with van der Waals surface area (Å²) in [4.78, 5) is 66.8. The van der Waals surface area contributed by atoms with Gasteiger partial charge in [-0.15, -0.1) is 0 Å². The first-order valence-electron chi connectivity index (χ1n) is 16.5. The lowest BCUT2D eigenvalue weighted by Gasteiger charge is -2.28. The fraction of sp³-hybridized carbons (Fsp3) is 0.528. The van der Waals surface area contributed by atoms with E-state index in [2.05, 4.69) is 26.6 Å². The third-order valence-corrected chi connectivity index (χ3v) is 7.73. The third kappa shape index (κ3) is 13.6. The van der Waals surface area contributed by atoms with Crippen LogP contribution in [0.3, 0.4) is 0 Å². The van der Waals surface area contributed by atoms with Crippen LogP contribution in [0.15, 0.2) is 60.7 Å². The van der Waals surface area contributed by atoms with Gasteiger partial charge in [0.15, 0.2) is 0 Å². The summed E-state index contributed by atoms with van der Waals surface area (Å²) in [6.07, 6.45) is 1.16. The molecule has 5 atom stereocenters. The van der Waals surface area contributed by atoms with Gasteiger partial charge < -0.3 is 32.3 Å². The lowest BCUT2D eigenvalue weighted by molar-refractivity contribution is -0.135. The lowest BCUT2D eigenvalue weighted by Crippen LogP contribution is -2.60. The minimum Gasteiger partial charge on any atom is -0.357 e. The van der Waals surface area contributed by atoms with Gasteiger partial charge in [0, 0.05) is 19.9 Å². The van der Waals surface area contributed by atoms with Crippen LogP contribution in [0, 0.1) is 17.8 Å². The Labute approximate surface area is 279 Å². The minimum atomic E-state index is -1.08. The number of amides is 5. The molecule has 0 aliphatic rings. The van der Waals surface area contributed by atoms with E-state index in [0.717, 1.165) is 11.1 Å². The monoisotopic (exact) mass is 650 g/mol. The highest BCUT2D eigenvalue weighted by atomic mass is 16.2. The number of nitrogens with one attached hydrogen (secondary N) is 5. The molecule has 11 nitrogen and oxygen atoms in total. The molecule has 7 N–H and O–H groups in total. The maximum Gasteiger partial charge on any atom is 0.243 e. The molecular weight excluding hydrogens is 596 g/mol. The molecule has 0 saturated carbocycles. The van der Waals surface area contributed by atoms with Crippen molar-refractivity contribution in [3.8, 4) is 0 Å². The molecule has 0 aliphatic heterocycles. The van der Waals surface area contributed by atoms with Crippen LogP contribution in [0.1, 0.15) is 65.5 Å². The Morgan fingerprint density at radius 3 is 1.38 bits per heavy atom. The number of carbonyl (C=O) groups is 5. The normalized spacial score (nSPS) is 14.4. The van der Waals surface area contributed by atoms with Crippen molar-refractivity contribution < 1.29 is 24.0 Å². The van der Waals surface area contributed by atoms with E-state index in [1.165, 1.54) is 7.05 Å². The molecule has 0 unspecified atom stereocenters. The second-order valence-electron chi connectivity index (χ2n) is 13.3. The van der Waals surface area contributed by atoms with Crippen LogP contribution in [0.2, 0.25) is 0 Å². The zero-order chi connectivity index (χ0) is 35.1. The Morgan fingerprint density at radius 1 is 0.553 bits per heavy atom. The van der Waals surface area contributed by atoms with Gasteiger partial charge in [-0.2, -0.15) is 0 Å². The van der Waals surface area contributed by atoms with E-state index >= 15 is 0 Å². The van der Waals surface area contributed by atoms with Crippen LogP contribution in [-0.2, 0) is 36.8 Å². The first kappa shape index (κ1) is 38.9. The molecule has 0 heterocycles. The van der Waals surface area contributed by atoms with Gasteiger partial charge in [0.2, 0.25) is 29.5 Å². The summed E-state index contributed by atoms with van der Waals surface area (Å²) < 4.78 is 0. The molecule has 2 rings (SSSR count). The van der Waals surface area contributed by atoms with Gasteiger partial charge in [0.1, 0.15) is 24.2 Å². The molecule has 0 aromatic heterocycles. The Hall–Kier alpha value is -4.25. The van der Waals surface area contributed by atoms with Gasteiger partial charge in [0.05, 0.1) is 6.04 Å². The third-order valence-electron chi connectivity index (χ3n) is 7.73. The molecule has 0 fully saturated rings. The number of rotatable bonds is 18. The van der Waals surface area contributed by atoms with Gasteiger partial charge in [-0.05, 0) is 41.7 Å². The molecule has 47 heavy (non-hydrogen) atoms. The molecule has 0 saturated heterocycles. The smallest absolute Gasteiger partial charge is 0.243 e. The Balaban J connectivity index is 2.37. The fourth-order valence-corrected chi connectivity index (χ4v) is 5.21. The second-order valence-corrected chi connectivity index (χ2v) is 13.3. The first-order chi connectivity index (χ1) is 22.2. The van der Waals surface area contributed by atoms with E-state index < -0.39 is 53.8 Å². The molecule has 0 bridgehead atoms. The molecule has 0 spiro atoms. The van der Waals surface area contributed by atoms with Crippen LogP contribution < -0.4 is 32.3 Å². The maximum absolute atomic E-state index is 14.0. The van der Waals surface area contributed by atoms with Crippen molar-refractivity contribution in [2.24, 2.45) is 23.5 Å². The minimum absolute atomic E-state index is 0.125. The largest absolute Gasteiger partial charge is 0.357 e. The SMILES string of the molecule is CNC(=O)[C@@H](CC(C)C)NC(=O)[C@@H](Cc1ccccc1)NC(=O)[C@@H](Cc1ccccc1)NC(=O)[C@H](NC(=O)[C@H](N)CC(C)C)C(C)C. The van der Waals surface area contributed by atoms with Gasteiger partial charge in [-0.1, -0.05) is 102 Å². The zero-order valence-electron chi connectivity index (χ0n) is 28.8. The predicted octanol–water partition coefficient (Wildman–Crippen LogP) is 2.23. The summed E-state index contributed by atoms with van der Waals surface area (Å²) in [5.74, 6) is -2.40. The van der Waals surface area contributed by atoms with Crippen LogP contribution in [0.25, 0.3) is 0 Å². The summed E-state index contributed by atoms with van der Waals surface area (Å²) in [5.41, 5.74) is 7.68. The molecule has 0 radical (unpaired) electrons. The van der Waals surface area contributed by atoms with E-state index in [1.807, 2.05) is 88.4 Å².